The van der Waals surface area contributed by atoms with E-state index in [2.05, 4.69) is 87.5 Å². The Labute approximate surface area is 206 Å². The molecule has 2 aromatic carbocycles. The lowest BCUT2D eigenvalue weighted by Gasteiger charge is -2.33. The molecule has 0 saturated carbocycles. The monoisotopic (exact) mass is 471 g/mol. The van der Waals surface area contributed by atoms with Gasteiger partial charge in [0.05, 0.1) is 6.33 Å². The first-order valence-corrected chi connectivity index (χ1v) is 12.3. The molecule has 3 N–H and O–H groups in total. The number of nitrogens with one attached hydrogen (secondary N) is 2. The molecule has 1 atom stereocenters. The molecule has 3 heterocycles. The first kappa shape index (κ1) is 23.3. The van der Waals surface area contributed by atoms with Gasteiger partial charge in [-0.05, 0) is 37.0 Å². The number of aliphatic hydroxyl groups is 1. The van der Waals surface area contributed by atoms with Crippen LogP contribution in [-0.4, -0.2) is 56.9 Å². The number of hydrogen-bond acceptors (Lipinski definition) is 7. The normalized spacial score (nSPS) is 16.2. The van der Waals surface area contributed by atoms with Crippen LogP contribution in [0.4, 0.5) is 11.8 Å². The Kier molecular flexibility index (Phi) is 6.92. The number of rotatable bonds is 8. The van der Waals surface area contributed by atoms with E-state index in [1.807, 2.05) is 12.4 Å². The van der Waals surface area contributed by atoms with Crippen LogP contribution in [0.3, 0.4) is 0 Å². The number of fused-ring (bicyclic) bond motifs is 1. The summed E-state index contributed by atoms with van der Waals surface area (Å²) in [6.07, 6.45) is 2.56. The summed E-state index contributed by atoms with van der Waals surface area (Å²) in [6, 6.07) is 19.5. The molecule has 35 heavy (non-hydrogen) atoms. The molecule has 182 valence electrons. The van der Waals surface area contributed by atoms with Crippen LogP contribution in [-0.2, 0) is 6.54 Å². The van der Waals surface area contributed by atoms with Crippen molar-refractivity contribution in [1.82, 2.24) is 24.8 Å². The zero-order valence-electron chi connectivity index (χ0n) is 20.4. The predicted octanol–water partition coefficient (Wildman–Crippen LogP) is 3.85. The Hall–Kier alpha value is -3.49. The summed E-state index contributed by atoms with van der Waals surface area (Å²) in [5, 5.41) is 16.4. The number of imidazole rings is 1. The minimum atomic E-state index is 0.168. The van der Waals surface area contributed by atoms with E-state index >= 15 is 0 Å². The molecule has 0 aliphatic carbocycles. The minimum absolute atomic E-state index is 0.168. The van der Waals surface area contributed by atoms with Crippen LogP contribution in [0.15, 0.2) is 60.9 Å². The molecular weight excluding hydrogens is 438 g/mol. The summed E-state index contributed by atoms with van der Waals surface area (Å²) in [5.41, 5.74) is 5.21. The third-order valence-electron chi connectivity index (χ3n) is 6.50. The molecule has 5 rings (SSSR count). The molecule has 4 aromatic rings. The summed E-state index contributed by atoms with van der Waals surface area (Å²) in [5.74, 6) is 1.44. The van der Waals surface area contributed by atoms with Crippen molar-refractivity contribution in [2.75, 3.05) is 36.5 Å². The standard InChI is InChI=1S/C27H33N7O/c1-19(2)34-18-30-24-25(29-16-20-8-10-22(11-9-20)21-6-4-3-5-7-21)31-27(32-26(24)34)33-14-13-28-23(17-33)12-15-35/h3-11,18-19,23,28,35H,12-17H2,1-2H3,(H,29,31,32)/t23-/m0/s1. The van der Waals surface area contributed by atoms with Crippen LogP contribution < -0.4 is 15.5 Å². The molecule has 2 aromatic heterocycles. The second kappa shape index (κ2) is 10.4. The van der Waals surface area contributed by atoms with Crippen LogP contribution in [0.1, 0.15) is 31.9 Å². The Morgan fingerprint density at radius 3 is 2.57 bits per heavy atom. The summed E-state index contributed by atoms with van der Waals surface area (Å²) >= 11 is 0. The first-order valence-electron chi connectivity index (χ1n) is 12.3. The number of aromatic nitrogens is 4. The highest BCUT2D eigenvalue weighted by Gasteiger charge is 2.23. The molecule has 1 aliphatic heterocycles. The SMILES string of the molecule is CC(C)n1cnc2c(NCc3ccc(-c4ccccc4)cc3)nc(N3CCN[C@@H](CCO)C3)nc21. The third-order valence-corrected chi connectivity index (χ3v) is 6.50. The van der Waals surface area contributed by atoms with E-state index in [-0.39, 0.29) is 18.7 Å². The van der Waals surface area contributed by atoms with Gasteiger partial charge in [-0.2, -0.15) is 9.97 Å². The van der Waals surface area contributed by atoms with Crippen LogP contribution >= 0.6 is 0 Å². The van der Waals surface area contributed by atoms with Crippen molar-refractivity contribution >= 4 is 22.9 Å². The molecule has 1 saturated heterocycles. The minimum Gasteiger partial charge on any atom is -0.396 e. The molecule has 0 bridgehead atoms. The van der Waals surface area contributed by atoms with Crippen LogP contribution in [0, 0.1) is 0 Å². The van der Waals surface area contributed by atoms with Crippen LogP contribution in [0.5, 0.6) is 0 Å². The average molecular weight is 472 g/mol. The van der Waals surface area contributed by atoms with Gasteiger partial charge in [-0.1, -0.05) is 54.6 Å². The Bertz CT molecular complexity index is 1250. The lowest BCUT2D eigenvalue weighted by atomic mass is 10.0. The highest BCUT2D eigenvalue weighted by atomic mass is 16.3. The Balaban J connectivity index is 1.40. The summed E-state index contributed by atoms with van der Waals surface area (Å²) in [7, 11) is 0. The van der Waals surface area contributed by atoms with Crippen molar-refractivity contribution in [1.29, 1.82) is 0 Å². The van der Waals surface area contributed by atoms with Gasteiger partial charge in [0, 0.05) is 44.9 Å². The van der Waals surface area contributed by atoms with E-state index in [9.17, 15) is 5.11 Å². The third kappa shape index (κ3) is 5.13. The van der Waals surface area contributed by atoms with Crippen molar-refractivity contribution in [2.24, 2.45) is 0 Å². The Morgan fingerprint density at radius 2 is 1.83 bits per heavy atom. The number of nitrogens with zero attached hydrogens (tertiary/aromatic N) is 5. The van der Waals surface area contributed by atoms with Gasteiger partial charge in [0.25, 0.3) is 0 Å². The fraction of sp³-hybridized carbons (Fsp3) is 0.370. The van der Waals surface area contributed by atoms with Crippen molar-refractivity contribution in [3.63, 3.8) is 0 Å². The molecule has 0 amide bonds. The summed E-state index contributed by atoms with van der Waals surface area (Å²) in [4.78, 5) is 16.7. The van der Waals surface area contributed by atoms with Gasteiger partial charge in [0.15, 0.2) is 17.0 Å². The molecule has 1 aliphatic rings. The zero-order chi connectivity index (χ0) is 24.2. The predicted molar refractivity (Wildman–Crippen MR) is 141 cm³/mol. The average Bonchev–Trinajstić information content (AvgIpc) is 3.33. The maximum Gasteiger partial charge on any atom is 0.229 e. The van der Waals surface area contributed by atoms with Gasteiger partial charge in [-0.25, -0.2) is 4.98 Å². The van der Waals surface area contributed by atoms with Crippen molar-refractivity contribution < 1.29 is 5.11 Å². The van der Waals surface area contributed by atoms with Gasteiger partial charge in [-0.15, -0.1) is 0 Å². The number of piperazine rings is 1. The Morgan fingerprint density at radius 1 is 1.06 bits per heavy atom. The van der Waals surface area contributed by atoms with Gasteiger partial charge in [0.1, 0.15) is 0 Å². The van der Waals surface area contributed by atoms with Crippen LogP contribution in [0.2, 0.25) is 0 Å². The highest BCUT2D eigenvalue weighted by molar-refractivity contribution is 5.84. The van der Waals surface area contributed by atoms with Gasteiger partial charge in [-0.3, -0.25) is 0 Å². The van der Waals surface area contributed by atoms with Crippen molar-refractivity contribution in [2.45, 2.75) is 38.9 Å². The zero-order valence-corrected chi connectivity index (χ0v) is 20.4. The van der Waals surface area contributed by atoms with Gasteiger partial charge in [0.2, 0.25) is 5.95 Å². The van der Waals surface area contributed by atoms with Crippen molar-refractivity contribution in [3.05, 3.63) is 66.5 Å². The molecular formula is C27H33N7O. The second-order valence-electron chi connectivity index (χ2n) is 9.32. The second-order valence-corrected chi connectivity index (χ2v) is 9.32. The van der Waals surface area contributed by atoms with E-state index in [1.165, 1.54) is 16.7 Å². The molecule has 8 nitrogen and oxygen atoms in total. The van der Waals surface area contributed by atoms with Crippen LogP contribution in [0.25, 0.3) is 22.3 Å². The van der Waals surface area contributed by atoms with E-state index in [1.54, 1.807) is 0 Å². The van der Waals surface area contributed by atoms with E-state index in [4.69, 9.17) is 9.97 Å². The lowest BCUT2D eigenvalue weighted by molar-refractivity contribution is 0.260. The fourth-order valence-corrected chi connectivity index (χ4v) is 4.54. The number of aliphatic hydroxyl groups excluding tert-OH is 1. The smallest absolute Gasteiger partial charge is 0.229 e. The summed E-state index contributed by atoms with van der Waals surface area (Å²) in [6.45, 7) is 7.50. The first-order chi connectivity index (χ1) is 17.1. The van der Waals surface area contributed by atoms with E-state index in [0.717, 1.165) is 36.6 Å². The quantitative estimate of drug-likeness (QED) is 0.360. The highest BCUT2D eigenvalue weighted by Crippen LogP contribution is 2.26. The number of benzene rings is 2. The molecule has 0 unspecified atom stereocenters. The maximum absolute atomic E-state index is 9.38. The summed E-state index contributed by atoms with van der Waals surface area (Å²) < 4.78 is 2.09. The molecule has 0 radical (unpaired) electrons. The molecule has 8 heteroatoms. The molecule has 1 fully saturated rings. The van der Waals surface area contributed by atoms with Gasteiger partial charge >= 0.3 is 0 Å². The number of anilines is 2. The molecule has 0 spiro atoms. The maximum atomic E-state index is 9.38. The topological polar surface area (TPSA) is 91.1 Å². The van der Waals surface area contributed by atoms with Crippen molar-refractivity contribution in [3.8, 4) is 11.1 Å². The largest absolute Gasteiger partial charge is 0.396 e. The van der Waals surface area contributed by atoms with E-state index < -0.39 is 0 Å². The van der Waals surface area contributed by atoms with E-state index in [0.29, 0.717) is 18.9 Å². The van der Waals surface area contributed by atoms with Gasteiger partial charge < -0.3 is 25.2 Å². The lowest BCUT2D eigenvalue weighted by Crippen LogP contribution is -2.51. The fourth-order valence-electron chi connectivity index (χ4n) is 4.54. The number of hydrogen-bond donors (Lipinski definition) is 3.